The van der Waals surface area contributed by atoms with Gasteiger partial charge in [-0.25, -0.2) is 4.39 Å². The van der Waals surface area contributed by atoms with E-state index in [0.717, 1.165) is 16.5 Å². The molecule has 1 saturated heterocycles. The average molecular weight is 411 g/mol. The zero-order chi connectivity index (χ0) is 20.0. The van der Waals surface area contributed by atoms with Gasteiger partial charge in [-0.2, -0.15) is 4.98 Å². The molecular formula is C21H16ClFN4O2. The number of hydrogen-bond acceptors (Lipinski definition) is 4. The van der Waals surface area contributed by atoms with Crippen LogP contribution in [-0.4, -0.2) is 27.6 Å². The Morgan fingerprint density at radius 3 is 3.03 bits per heavy atom. The van der Waals surface area contributed by atoms with E-state index >= 15 is 0 Å². The van der Waals surface area contributed by atoms with Crippen LogP contribution in [0.3, 0.4) is 0 Å². The van der Waals surface area contributed by atoms with Gasteiger partial charge in [-0.15, -0.1) is 0 Å². The van der Waals surface area contributed by atoms with Crippen molar-refractivity contribution in [3.63, 3.8) is 0 Å². The van der Waals surface area contributed by atoms with Crippen molar-refractivity contribution in [1.82, 2.24) is 15.1 Å². The van der Waals surface area contributed by atoms with Gasteiger partial charge in [-0.3, -0.25) is 4.79 Å². The summed E-state index contributed by atoms with van der Waals surface area (Å²) in [5.74, 6) is 0.136. The summed E-state index contributed by atoms with van der Waals surface area (Å²) in [5.41, 5.74) is 2.47. The third kappa shape index (κ3) is 3.27. The molecule has 0 radical (unpaired) electrons. The Hall–Kier alpha value is -3.19. The van der Waals surface area contributed by atoms with E-state index in [4.69, 9.17) is 16.1 Å². The van der Waals surface area contributed by atoms with Gasteiger partial charge in [-0.05, 0) is 29.8 Å². The molecule has 5 rings (SSSR count). The molecule has 2 aromatic carbocycles. The lowest BCUT2D eigenvalue weighted by Gasteiger charge is -2.17. The second-order valence-corrected chi connectivity index (χ2v) is 7.49. The summed E-state index contributed by atoms with van der Waals surface area (Å²) < 4.78 is 19.0. The maximum Gasteiger partial charge on any atom is 0.231 e. The molecule has 146 valence electrons. The first-order chi connectivity index (χ1) is 14.1. The summed E-state index contributed by atoms with van der Waals surface area (Å²) in [6.07, 6.45) is 2.65. The Labute approximate surface area is 170 Å². The standard InChI is InChI=1S/C21H16ClFN4O2/c22-16-6-5-14(23)9-18(16)27-11-13(8-20(27)28)21-25-19(29-26-21)7-12-10-24-17-4-2-1-3-15(12)17/h1-6,9-10,13,24H,7-8,11H2. The van der Waals surface area contributed by atoms with Crippen LogP contribution in [0.4, 0.5) is 10.1 Å². The van der Waals surface area contributed by atoms with Gasteiger partial charge >= 0.3 is 0 Å². The molecule has 1 N–H and O–H groups in total. The molecule has 8 heteroatoms. The van der Waals surface area contributed by atoms with Gasteiger partial charge in [0.1, 0.15) is 5.82 Å². The number of anilines is 1. The molecule has 0 bridgehead atoms. The second-order valence-electron chi connectivity index (χ2n) is 7.08. The first-order valence-corrected chi connectivity index (χ1v) is 9.59. The van der Waals surface area contributed by atoms with Crippen molar-refractivity contribution in [3.05, 3.63) is 76.8 Å². The number of halogens is 2. The van der Waals surface area contributed by atoms with Gasteiger partial charge in [0.05, 0.1) is 17.1 Å². The van der Waals surface area contributed by atoms with E-state index in [1.807, 2.05) is 30.5 Å². The van der Waals surface area contributed by atoms with E-state index in [0.29, 0.717) is 35.4 Å². The number of aromatic amines is 1. The zero-order valence-electron chi connectivity index (χ0n) is 15.2. The van der Waals surface area contributed by atoms with E-state index < -0.39 is 5.82 Å². The van der Waals surface area contributed by atoms with Crippen molar-refractivity contribution in [2.24, 2.45) is 0 Å². The minimum absolute atomic E-state index is 0.148. The topological polar surface area (TPSA) is 75.0 Å². The van der Waals surface area contributed by atoms with Crippen LogP contribution in [-0.2, 0) is 11.2 Å². The lowest BCUT2D eigenvalue weighted by molar-refractivity contribution is -0.117. The molecule has 0 spiro atoms. The summed E-state index contributed by atoms with van der Waals surface area (Å²) in [5, 5.41) is 5.51. The molecule has 4 aromatic rings. The van der Waals surface area contributed by atoms with E-state index in [1.165, 1.54) is 23.1 Å². The smallest absolute Gasteiger partial charge is 0.231 e. The number of rotatable bonds is 4. The van der Waals surface area contributed by atoms with Crippen molar-refractivity contribution >= 4 is 34.1 Å². The third-order valence-corrected chi connectivity index (χ3v) is 5.51. The van der Waals surface area contributed by atoms with Crippen molar-refractivity contribution < 1.29 is 13.7 Å². The van der Waals surface area contributed by atoms with Gasteiger partial charge in [0.2, 0.25) is 11.8 Å². The van der Waals surface area contributed by atoms with E-state index in [2.05, 4.69) is 15.1 Å². The number of aromatic nitrogens is 3. The Balaban J connectivity index is 1.36. The zero-order valence-corrected chi connectivity index (χ0v) is 16.0. The molecule has 6 nitrogen and oxygen atoms in total. The Bertz CT molecular complexity index is 1220. The molecule has 1 fully saturated rings. The summed E-state index contributed by atoms with van der Waals surface area (Å²) in [6, 6.07) is 12.0. The summed E-state index contributed by atoms with van der Waals surface area (Å²) in [4.78, 5) is 21.7. The minimum atomic E-state index is -0.443. The lowest BCUT2D eigenvalue weighted by Crippen LogP contribution is -2.24. The third-order valence-electron chi connectivity index (χ3n) is 5.19. The maximum atomic E-state index is 13.6. The number of carbonyl (C=O) groups is 1. The number of hydrogen-bond donors (Lipinski definition) is 1. The van der Waals surface area contributed by atoms with Gasteiger partial charge in [0, 0.05) is 36.0 Å². The molecule has 29 heavy (non-hydrogen) atoms. The number of amides is 1. The van der Waals surface area contributed by atoms with Crippen LogP contribution >= 0.6 is 11.6 Å². The highest BCUT2D eigenvalue weighted by Crippen LogP contribution is 2.35. The van der Waals surface area contributed by atoms with Gasteiger partial charge < -0.3 is 14.4 Å². The van der Waals surface area contributed by atoms with E-state index in [-0.39, 0.29) is 18.2 Å². The predicted molar refractivity (Wildman–Crippen MR) is 107 cm³/mol. The fourth-order valence-corrected chi connectivity index (χ4v) is 3.97. The first kappa shape index (κ1) is 17.9. The molecule has 1 aliphatic rings. The van der Waals surface area contributed by atoms with Crippen LogP contribution in [0, 0.1) is 5.82 Å². The number of carbonyl (C=O) groups excluding carboxylic acids is 1. The molecule has 1 amide bonds. The van der Waals surface area contributed by atoms with Crippen LogP contribution in [0.25, 0.3) is 10.9 Å². The number of H-pyrrole nitrogens is 1. The number of nitrogens with zero attached hydrogens (tertiary/aromatic N) is 3. The highest BCUT2D eigenvalue weighted by Gasteiger charge is 2.35. The van der Waals surface area contributed by atoms with E-state index in [1.54, 1.807) is 0 Å². The fourth-order valence-electron chi connectivity index (χ4n) is 3.75. The van der Waals surface area contributed by atoms with Crippen LogP contribution in [0.2, 0.25) is 5.02 Å². The van der Waals surface area contributed by atoms with Crippen LogP contribution in [0.1, 0.15) is 29.6 Å². The quantitative estimate of drug-likeness (QED) is 0.539. The van der Waals surface area contributed by atoms with E-state index in [9.17, 15) is 9.18 Å². The first-order valence-electron chi connectivity index (χ1n) is 9.21. The molecule has 0 saturated carbocycles. The molecule has 3 heterocycles. The molecule has 1 aliphatic heterocycles. The number of para-hydroxylation sites is 1. The Morgan fingerprint density at radius 2 is 2.14 bits per heavy atom. The van der Waals surface area contributed by atoms with Crippen molar-refractivity contribution in [1.29, 1.82) is 0 Å². The number of nitrogens with one attached hydrogen (secondary N) is 1. The lowest BCUT2D eigenvalue weighted by atomic mass is 10.1. The number of fused-ring (bicyclic) bond motifs is 1. The van der Waals surface area contributed by atoms with Gasteiger partial charge in [0.15, 0.2) is 5.82 Å². The summed E-state index contributed by atoms with van der Waals surface area (Å²) in [7, 11) is 0. The van der Waals surface area contributed by atoms with Crippen LogP contribution in [0.15, 0.2) is 53.2 Å². The minimum Gasteiger partial charge on any atom is -0.361 e. The highest BCUT2D eigenvalue weighted by molar-refractivity contribution is 6.33. The predicted octanol–water partition coefficient (Wildman–Crippen LogP) is 4.45. The normalized spacial score (nSPS) is 16.8. The largest absolute Gasteiger partial charge is 0.361 e. The van der Waals surface area contributed by atoms with Crippen molar-refractivity contribution in [2.45, 2.75) is 18.8 Å². The Kier molecular flexibility index (Phi) is 4.32. The number of benzene rings is 2. The van der Waals surface area contributed by atoms with Crippen LogP contribution < -0.4 is 4.90 Å². The monoisotopic (exact) mass is 410 g/mol. The molecule has 0 aliphatic carbocycles. The molecule has 1 atom stereocenters. The second kappa shape index (κ2) is 7.00. The van der Waals surface area contributed by atoms with Crippen molar-refractivity contribution in [2.75, 3.05) is 11.4 Å². The average Bonchev–Trinajstić information content (AvgIpc) is 3.43. The molecular weight excluding hydrogens is 395 g/mol. The van der Waals surface area contributed by atoms with Crippen LogP contribution in [0.5, 0.6) is 0 Å². The van der Waals surface area contributed by atoms with Crippen molar-refractivity contribution in [3.8, 4) is 0 Å². The molecule has 1 unspecified atom stereocenters. The summed E-state index contributed by atoms with van der Waals surface area (Å²) >= 11 is 6.15. The molecule has 2 aromatic heterocycles. The SMILES string of the molecule is O=C1CC(c2noc(Cc3c[nH]c4ccccc34)n2)CN1c1cc(F)ccc1Cl. The summed E-state index contributed by atoms with van der Waals surface area (Å²) in [6.45, 7) is 0.327. The maximum absolute atomic E-state index is 13.6. The Morgan fingerprint density at radius 1 is 1.28 bits per heavy atom. The highest BCUT2D eigenvalue weighted by atomic mass is 35.5. The van der Waals surface area contributed by atoms with Gasteiger partial charge in [0.25, 0.3) is 0 Å². The fraction of sp³-hybridized carbons (Fsp3) is 0.190. The van der Waals surface area contributed by atoms with Gasteiger partial charge in [-0.1, -0.05) is 35.0 Å².